The first kappa shape index (κ1) is 25.3. The van der Waals surface area contributed by atoms with Crippen molar-refractivity contribution in [2.45, 2.75) is 33.9 Å². The molecule has 0 aliphatic heterocycles. The average molecular weight is 529 g/mol. The van der Waals surface area contributed by atoms with Gasteiger partial charge in [0.05, 0.1) is 17.3 Å². The highest BCUT2D eigenvalue weighted by molar-refractivity contribution is 9.10. The molecule has 0 atom stereocenters. The second-order valence-corrected chi connectivity index (χ2v) is 8.91. The number of hydrogen-bond acceptors (Lipinski definition) is 5. The van der Waals surface area contributed by atoms with Gasteiger partial charge in [0.25, 0.3) is 11.8 Å². The van der Waals surface area contributed by atoms with E-state index in [0.29, 0.717) is 47.3 Å². The summed E-state index contributed by atoms with van der Waals surface area (Å²) in [6.45, 7) is 7.23. The van der Waals surface area contributed by atoms with Crippen LogP contribution in [0.2, 0.25) is 0 Å². The van der Waals surface area contributed by atoms with Gasteiger partial charge in [-0.25, -0.2) is 0 Å². The summed E-state index contributed by atoms with van der Waals surface area (Å²) in [7, 11) is 1.57. The lowest BCUT2D eigenvalue weighted by atomic mass is 10.1. The second kappa shape index (κ2) is 11.7. The van der Waals surface area contributed by atoms with Crippen molar-refractivity contribution in [3.63, 3.8) is 0 Å². The van der Waals surface area contributed by atoms with Crippen LogP contribution in [-0.2, 0) is 13.2 Å². The largest absolute Gasteiger partial charge is 0.496 e. The van der Waals surface area contributed by atoms with Crippen molar-refractivity contribution in [1.29, 1.82) is 0 Å². The monoisotopic (exact) mass is 528 g/mol. The van der Waals surface area contributed by atoms with Crippen molar-refractivity contribution in [3.05, 3.63) is 70.0 Å². The summed E-state index contributed by atoms with van der Waals surface area (Å²) in [6, 6.07) is 12.6. The molecule has 0 aliphatic carbocycles. The summed E-state index contributed by atoms with van der Waals surface area (Å²) in [5.41, 5.74) is 1.66. The first-order valence-electron chi connectivity index (χ1n) is 11.0. The Bertz CT molecular complexity index is 1160. The molecule has 2 N–H and O–H groups in total. The maximum atomic E-state index is 13.1. The topological polar surface area (TPSA) is 94.5 Å². The molecule has 180 valence electrons. The SMILES string of the molecule is CCn1cc(NC(=O)c2ccc(OC)c(COc3ccccc3Br)c2)c(C(=O)NCC(C)C)n1. The predicted octanol–water partition coefficient (Wildman–Crippen LogP) is 4.89. The second-order valence-electron chi connectivity index (χ2n) is 8.05. The van der Waals surface area contributed by atoms with Crippen molar-refractivity contribution < 1.29 is 19.1 Å². The molecule has 1 aromatic heterocycles. The fourth-order valence-corrected chi connectivity index (χ4v) is 3.57. The molecule has 9 heteroatoms. The first-order chi connectivity index (χ1) is 16.3. The Kier molecular flexibility index (Phi) is 8.70. The van der Waals surface area contributed by atoms with Gasteiger partial charge in [0.15, 0.2) is 5.69 Å². The Morgan fingerprint density at radius 3 is 2.56 bits per heavy atom. The molecule has 3 rings (SSSR count). The van der Waals surface area contributed by atoms with Gasteiger partial charge in [-0.05, 0) is 59.1 Å². The highest BCUT2D eigenvalue weighted by atomic mass is 79.9. The molecule has 1 heterocycles. The summed E-state index contributed by atoms with van der Waals surface area (Å²) < 4.78 is 13.8. The van der Waals surface area contributed by atoms with Crippen LogP contribution < -0.4 is 20.1 Å². The highest BCUT2D eigenvalue weighted by Gasteiger charge is 2.20. The number of amides is 2. The lowest BCUT2D eigenvalue weighted by Crippen LogP contribution is -2.28. The Morgan fingerprint density at radius 2 is 1.88 bits per heavy atom. The number of benzene rings is 2. The van der Waals surface area contributed by atoms with Crippen LogP contribution >= 0.6 is 15.9 Å². The van der Waals surface area contributed by atoms with E-state index >= 15 is 0 Å². The molecule has 0 fully saturated rings. The molecule has 0 bridgehead atoms. The van der Waals surface area contributed by atoms with Crippen LogP contribution in [0.4, 0.5) is 5.69 Å². The number of rotatable bonds is 10. The van der Waals surface area contributed by atoms with Crippen molar-refractivity contribution in [2.75, 3.05) is 19.0 Å². The summed E-state index contributed by atoms with van der Waals surface area (Å²) in [5.74, 6) is 0.901. The minimum Gasteiger partial charge on any atom is -0.496 e. The van der Waals surface area contributed by atoms with Gasteiger partial charge in [0, 0.05) is 30.4 Å². The maximum Gasteiger partial charge on any atom is 0.273 e. The summed E-state index contributed by atoms with van der Waals surface area (Å²) in [4.78, 5) is 25.7. The quantitative estimate of drug-likeness (QED) is 0.390. The lowest BCUT2D eigenvalue weighted by Gasteiger charge is -2.13. The average Bonchev–Trinajstić information content (AvgIpc) is 3.24. The number of nitrogens with one attached hydrogen (secondary N) is 2. The Hall–Kier alpha value is -3.33. The van der Waals surface area contributed by atoms with Crippen LogP contribution in [0.5, 0.6) is 11.5 Å². The Balaban J connectivity index is 1.79. The molecule has 0 radical (unpaired) electrons. The van der Waals surface area contributed by atoms with E-state index in [0.717, 1.165) is 4.47 Å². The van der Waals surface area contributed by atoms with Gasteiger partial charge in [-0.15, -0.1) is 0 Å². The summed E-state index contributed by atoms with van der Waals surface area (Å²) in [6.07, 6.45) is 1.66. The molecule has 0 saturated carbocycles. The van der Waals surface area contributed by atoms with E-state index in [9.17, 15) is 9.59 Å². The van der Waals surface area contributed by atoms with E-state index in [1.807, 2.05) is 45.0 Å². The third kappa shape index (κ3) is 6.38. The van der Waals surface area contributed by atoms with Crippen LogP contribution in [0.15, 0.2) is 53.1 Å². The maximum absolute atomic E-state index is 13.1. The number of halogens is 1. The highest BCUT2D eigenvalue weighted by Crippen LogP contribution is 2.27. The van der Waals surface area contributed by atoms with Crippen molar-refractivity contribution >= 4 is 33.4 Å². The van der Waals surface area contributed by atoms with E-state index in [2.05, 4.69) is 31.7 Å². The predicted molar refractivity (Wildman–Crippen MR) is 134 cm³/mol. The van der Waals surface area contributed by atoms with Gasteiger partial charge in [0.1, 0.15) is 18.1 Å². The number of nitrogens with zero attached hydrogens (tertiary/aromatic N) is 2. The number of anilines is 1. The molecule has 0 aliphatic rings. The fourth-order valence-electron chi connectivity index (χ4n) is 3.17. The summed E-state index contributed by atoms with van der Waals surface area (Å²) >= 11 is 3.46. The zero-order valence-electron chi connectivity index (χ0n) is 19.7. The van der Waals surface area contributed by atoms with E-state index in [1.165, 1.54) is 0 Å². The minimum absolute atomic E-state index is 0.182. The van der Waals surface area contributed by atoms with E-state index in [-0.39, 0.29) is 24.1 Å². The Morgan fingerprint density at radius 1 is 1.12 bits per heavy atom. The number of para-hydroxylation sites is 1. The molecule has 2 amide bonds. The number of hydrogen-bond donors (Lipinski definition) is 2. The van der Waals surface area contributed by atoms with Crippen LogP contribution in [0, 0.1) is 5.92 Å². The number of aryl methyl sites for hydroxylation is 1. The third-order valence-corrected chi connectivity index (χ3v) is 5.64. The molecular formula is C25H29BrN4O4. The normalized spacial score (nSPS) is 10.8. The van der Waals surface area contributed by atoms with Gasteiger partial charge in [-0.2, -0.15) is 5.10 Å². The molecular weight excluding hydrogens is 500 g/mol. The fraction of sp³-hybridized carbons (Fsp3) is 0.320. The van der Waals surface area contributed by atoms with Crippen LogP contribution in [0.3, 0.4) is 0 Å². The smallest absolute Gasteiger partial charge is 0.273 e. The molecule has 0 saturated heterocycles. The zero-order chi connectivity index (χ0) is 24.7. The number of methoxy groups -OCH3 is 1. The van der Waals surface area contributed by atoms with Crippen molar-refractivity contribution in [1.82, 2.24) is 15.1 Å². The van der Waals surface area contributed by atoms with Crippen LogP contribution in [0.1, 0.15) is 47.2 Å². The van der Waals surface area contributed by atoms with Gasteiger partial charge >= 0.3 is 0 Å². The number of carbonyl (C=O) groups is 2. The van der Waals surface area contributed by atoms with E-state index < -0.39 is 0 Å². The van der Waals surface area contributed by atoms with Gasteiger partial charge in [-0.1, -0.05) is 26.0 Å². The van der Waals surface area contributed by atoms with Gasteiger partial charge in [0.2, 0.25) is 0 Å². The van der Waals surface area contributed by atoms with E-state index in [1.54, 1.807) is 36.2 Å². The molecule has 8 nitrogen and oxygen atoms in total. The van der Waals surface area contributed by atoms with Crippen molar-refractivity contribution in [2.24, 2.45) is 5.92 Å². The van der Waals surface area contributed by atoms with Crippen LogP contribution in [-0.4, -0.2) is 35.2 Å². The lowest BCUT2D eigenvalue weighted by molar-refractivity contribution is 0.0944. The molecule has 34 heavy (non-hydrogen) atoms. The number of ether oxygens (including phenoxy) is 2. The zero-order valence-corrected chi connectivity index (χ0v) is 21.3. The standard InChI is InChI=1S/C25H29BrN4O4/c1-5-30-14-20(23(29-30)25(32)27-13-16(2)3)28-24(31)17-10-11-21(33-4)18(12-17)15-34-22-9-7-6-8-19(22)26/h6-12,14,16H,5,13,15H2,1-4H3,(H,27,32)(H,28,31). The van der Waals surface area contributed by atoms with Gasteiger partial charge < -0.3 is 20.1 Å². The number of carbonyl (C=O) groups excluding carboxylic acids is 2. The molecule has 3 aromatic rings. The third-order valence-electron chi connectivity index (χ3n) is 4.98. The molecule has 0 spiro atoms. The van der Waals surface area contributed by atoms with E-state index in [4.69, 9.17) is 9.47 Å². The van der Waals surface area contributed by atoms with Crippen LogP contribution in [0.25, 0.3) is 0 Å². The first-order valence-corrected chi connectivity index (χ1v) is 11.8. The molecule has 2 aromatic carbocycles. The molecule has 0 unspecified atom stereocenters. The number of aromatic nitrogens is 2. The van der Waals surface area contributed by atoms with Crippen molar-refractivity contribution in [3.8, 4) is 11.5 Å². The summed E-state index contributed by atoms with van der Waals surface area (Å²) in [5, 5.41) is 9.99. The Labute approximate surface area is 207 Å². The van der Waals surface area contributed by atoms with Gasteiger partial charge in [-0.3, -0.25) is 14.3 Å². The minimum atomic E-state index is -0.363.